The molecule has 3 aromatic rings. The lowest BCUT2D eigenvalue weighted by Crippen LogP contribution is -2.42. The number of rotatable bonds is 5. The number of nitrogens with zero attached hydrogens (tertiary/aromatic N) is 3. The van der Waals surface area contributed by atoms with E-state index in [1.807, 2.05) is 59.5 Å². The summed E-state index contributed by atoms with van der Waals surface area (Å²) in [4.78, 5) is 15.0. The van der Waals surface area contributed by atoms with Crippen molar-refractivity contribution in [3.63, 3.8) is 0 Å². The number of hydrogen-bond acceptors (Lipinski definition) is 7. The van der Waals surface area contributed by atoms with Crippen LogP contribution in [0.25, 0.3) is 0 Å². The molecule has 0 radical (unpaired) electrons. The van der Waals surface area contributed by atoms with Crippen LogP contribution in [0.15, 0.2) is 58.9 Å². The summed E-state index contributed by atoms with van der Waals surface area (Å²) < 4.78 is 6.69. The molecular weight excluding hydrogens is 380 g/mol. The van der Waals surface area contributed by atoms with Crippen molar-refractivity contribution in [1.29, 1.82) is 0 Å². The number of thioether (sulfide) groups is 1. The van der Waals surface area contributed by atoms with Crippen LogP contribution in [0.4, 0.5) is 10.8 Å². The molecule has 0 saturated heterocycles. The number of amides is 1. The maximum atomic E-state index is 13.2. The fraction of sp³-hybridized carbons (Fsp3) is 0.211. The monoisotopic (exact) mass is 398 g/mol. The highest BCUT2D eigenvalue weighted by molar-refractivity contribution is 8.01. The summed E-state index contributed by atoms with van der Waals surface area (Å²) in [6.07, 6.45) is 0. The van der Waals surface area contributed by atoms with Gasteiger partial charge >= 0.3 is 0 Å². The van der Waals surface area contributed by atoms with E-state index in [0.717, 1.165) is 26.5 Å². The molecule has 2 heterocycles. The van der Waals surface area contributed by atoms with Crippen molar-refractivity contribution in [2.45, 2.75) is 10.4 Å². The first kappa shape index (κ1) is 17.8. The number of aromatic nitrogens is 2. The first-order chi connectivity index (χ1) is 13.3. The summed E-state index contributed by atoms with van der Waals surface area (Å²) in [5, 5.41) is 11.8. The van der Waals surface area contributed by atoms with Gasteiger partial charge in [0.15, 0.2) is 4.34 Å². The van der Waals surface area contributed by atoms with E-state index in [1.54, 1.807) is 7.05 Å². The minimum atomic E-state index is -0.156. The number of nitrogens with one attached hydrogen (secondary N) is 1. The zero-order chi connectivity index (χ0) is 18.6. The number of anilines is 2. The third kappa shape index (κ3) is 3.77. The molecule has 0 saturated carbocycles. The summed E-state index contributed by atoms with van der Waals surface area (Å²) in [6, 6.07) is 17.5. The zero-order valence-electron chi connectivity index (χ0n) is 14.7. The number of ether oxygens (including phenoxy) is 1. The van der Waals surface area contributed by atoms with Crippen LogP contribution in [0.1, 0.15) is 11.6 Å². The molecule has 0 bridgehead atoms. The minimum Gasteiger partial charge on any atom is -0.489 e. The molecule has 1 aliphatic heterocycles. The highest BCUT2D eigenvalue weighted by Crippen LogP contribution is 2.40. The summed E-state index contributed by atoms with van der Waals surface area (Å²) in [5.41, 5.74) is 1.86. The summed E-state index contributed by atoms with van der Waals surface area (Å²) in [5.74, 6) is 1.04. The summed E-state index contributed by atoms with van der Waals surface area (Å²) in [7, 11) is 1.80. The Hall–Kier alpha value is -2.58. The Morgan fingerprint density at radius 2 is 2.00 bits per heavy atom. The molecule has 0 spiro atoms. The van der Waals surface area contributed by atoms with Gasteiger partial charge in [-0.1, -0.05) is 65.6 Å². The molecule has 2 aromatic carbocycles. The van der Waals surface area contributed by atoms with Gasteiger partial charge in [0, 0.05) is 7.05 Å². The highest BCUT2D eigenvalue weighted by Gasteiger charge is 2.33. The molecule has 27 heavy (non-hydrogen) atoms. The standard InChI is InChI=1S/C19H18N4O2S2/c1-20-18-21-22-19(27-18)26-12-17(24)23-14-9-5-6-10-16(14)25-11-15(23)13-7-3-2-4-8-13/h2-10,15H,11-12H2,1H3,(H,20,21)/t15-/m0/s1. The van der Waals surface area contributed by atoms with Gasteiger partial charge < -0.3 is 10.1 Å². The van der Waals surface area contributed by atoms with Crippen molar-refractivity contribution >= 4 is 39.8 Å². The number of para-hydroxylation sites is 2. The molecule has 0 fully saturated rings. The quantitative estimate of drug-likeness (QED) is 0.659. The van der Waals surface area contributed by atoms with E-state index in [0.29, 0.717) is 6.61 Å². The summed E-state index contributed by atoms with van der Waals surface area (Å²) >= 11 is 2.84. The van der Waals surface area contributed by atoms with Crippen LogP contribution in [-0.4, -0.2) is 35.5 Å². The molecular formula is C19H18N4O2S2. The van der Waals surface area contributed by atoms with Gasteiger partial charge in [0.1, 0.15) is 12.4 Å². The molecule has 4 rings (SSSR count). The first-order valence-corrected chi connectivity index (χ1v) is 10.3. The molecule has 1 amide bonds. The van der Waals surface area contributed by atoms with Crippen molar-refractivity contribution < 1.29 is 9.53 Å². The minimum absolute atomic E-state index is 0.0193. The number of benzene rings is 2. The van der Waals surface area contributed by atoms with Gasteiger partial charge in [-0.15, -0.1) is 10.2 Å². The third-order valence-corrected chi connectivity index (χ3v) is 6.28. The molecule has 6 nitrogen and oxygen atoms in total. The maximum absolute atomic E-state index is 13.2. The van der Waals surface area contributed by atoms with Crippen LogP contribution in [0.5, 0.6) is 5.75 Å². The first-order valence-electron chi connectivity index (χ1n) is 8.49. The molecule has 0 aliphatic carbocycles. The second-order valence-corrected chi connectivity index (χ2v) is 8.08. The average molecular weight is 399 g/mol. The SMILES string of the molecule is CNc1nnc(SCC(=O)N2c3ccccc3OC[C@H]2c2ccccc2)s1. The Balaban J connectivity index is 1.60. The van der Waals surface area contributed by atoms with Gasteiger partial charge in [0.25, 0.3) is 0 Å². The highest BCUT2D eigenvalue weighted by atomic mass is 32.2. The van der Waals surface area contributed by atoms with Gasteiger partial charge in [-0.3, -0.25) is 9.69 Å². The van der Waals surface area contributed by atoms with E-state index in [2.05, 4.69) is 15.5 Å². The van der Waals surface area contributed by atoms with Crippen molar-refractivity contribution in [1.82, 2.24) is 10.2 Å². The lowest BCUT2D eigenvalue weighted by atomic mass is 10.0. The number of hydrogen-bond donors (Lipinski definition) is 1. The predicted molar refractivity (Wildman–Crippen MR) is 109 cm³/mol. The van der Waals surface area contributed by atoms with Crippen molar-refractivity contribution in [2.75, 3.05) is 29.6 Å². The van der Waals surface area contributed by atoms with Crippen molar-refractivity contribution in [3.05, 3.63) is 60.2 Å². The second kappa shape index (κ2) is 7.98. The van der Waals surface area contributed by atoms with E-state index in [1.165, 1.54) is 23.1 Å². The lowest BCUT2D eigenvalue weighted by Gasteiger charge is -2.37. The van der Waals surface area contributed by atoms with Gasteiger partial charge in [-0.05, 0) is 17.7 Å². The Labute approximate surface area is 165 Å². The van der Waals surface area contributed by atoms with Crippen LogP contribution in [0, 0.1) is 0 Å². The van der Waals surface area contributed by atoms with E-state index < -0.39 is 0 Å². The van der Waals surface area contributed by atoms with Gasteiger partial charge in [0.2, 0.25) is 11.0 Å². The molecule has 1 N–H and O–H groups in total. The zero-order valence-corrected chi connectivity index (χ0v) is 16.3. The van der Waals surface area contributed by atoms with Crippen molar-refractivity contribution in [2.24, 2.45) is 0 Å². The van der Waals surface area contributed by atoms with Gasteiger partial charge in [0.05, 0.1) is 17.5 Å². The Morgan fingerprint density at radius 1 is 1.22 bits per heavy atom. The molecule has 1 atom stereocenters. The van der Waals surface area contributed by atoms with Crippen LogP contribution >= 0.6 is 23.1 Å². The predicted octanol–water partition coefficient (Wildman–Crippen LogP) is 3.84. The van der Waals surface area contributed by atoms with Crippen molar-refractivity contribution in [3.8, 4) is 5.75 Å². The number of fused-ring (bicyclic) bond motifs is 1. The Kier molecular flexibility index (Phi) is 5.26. The van der Waals surface area contributed by atoms with Gasteiger partial charge in [-0.25, -0.2) is 0 Å². The van der Waals surface area contributed by atoms with Gasteiger partial charge in [-0.2, -0.15) is 0 Å². The average Bonchev–Trinajstić information content (AvgIpc) is 3.20. The smallest absolute Gasteiger partial charge is 0.238 e. The Morgan fingerprint density at radius 3 is 2.78 bits per heavy atom. The fourth-order valence-electron chi connectivity index (χ4n) is 2.98. The van der Waals surface area contributed by atoms with Crippen LogP contribution in [0.2, 0.25) is 0 Å². The normalized spacial score (nSPS) is 15.7. The molecule has 8 heteroatoms. The van der Waals surface area contributed by atoms with E-state index in [9.17, 15) is 4.79 Å². The maximum Gasteiger partial charge on any atom is 0.238 e. The number of carbonyl (C=O) groups excluding carboxylic acids is 1. The van der Waals surface area contributed by atoms with Crippen LogP contribution in [-0.2, 0) is 4.79 Å². The third-order valence-electron chi connectivity index (χ3n) is 4.23. The molecule has 1 aliphatic rings. The number of carbonyl (C=O) groups is 1. The van der Waals surface area contributed by atoms with Crippen LogP contribution < -0.4 is 15.0 Å². The van der Waals surface area contributed by atoms with E-state index in [-0.39, 0.29) is 17.7 Å². The molecule has 0 unspecified atom stereocenters. The lowest BCUT2D eigenvalue weighted by molar-refractivity contribution is -0.117. The van der Waals surface area contributed by atoms with Crippen LogP contribution in [0.3, 0.4) is 0 Å². The van der Waals surface area contributed by atoms with E-state index >= 15 is 0 Å². The van der Waals surface area contributed by atoms with E-state index in [4.69, 9.17) is 4.74 Å². The molecule has 1 aromatic heterocycles. The largest absolute Gasteiger partial charge is 0.489 e. The Bertz CT molecular complexity index is 932. The topological polar surface area (TPSA) is 67.4 Å². The fourth-order valence-corrected chi connectivity index (χ4v) is 4.54. The second-order valence-electron chi connectivity index (χ2n) is 5.88. The summed E-state index contributed by atoms with van der Waals surface area (Å²) in [6.45, 7) is 0.431. The molecule has 138 valence electrons.